The molecule has 0 unspecified atom stereocenters. The van der Waals surface area contributed by atoms with E-state index in [2.05, 4.69) is 20.1 Å². The third-order valence-corrected chi connectivity index (χ3v) is 7.03. The molecule has 2 aromatic rings. The van der Waals surface area contributed by atoms with Gasteiger partial charge in [0.15, 0.2) is 11.0 Å². The number of aromatic nitrogens is 3. The summed E-state index contributed by atoms with van der Waals surface area (Å²) in [6, 6.07) is 8.07. The van der Waals surface area contributed by atoms with Gasteiger partial charge in [0.2, 0.25) is 5.91 Å². The Bertz CT molecular complexity index is 847. The van der Waals surface area contributed by atoms with Crippen LogP contribution in [0.3, 0.4) is 0 Å². The molecule has 29 heavy (non-hydrogen) atoms. The molecule has 0 spiro atoms. The number of nitrogens with one attached hydrogen (secondary N) is 1. The number of ether oxygens (including phenoxy) is 1. The quantitative estimate of drug-likeness (QED) is 0.650. The molecule has 2 fully saturated rings. The second-order valence-electron chi connectivity index (χ2n) is 7.73. The van der Waals surface area contributed by atoms with Gasteiger partial charge < -0.3 is 10.1 Å². The number of amides is 1. The fourth-order valence-corrected chi connectivity index (χ4v) is 5.21. The Morgan fingerprint density at radius 2 is 2.07 bits per heavy atom. The number of rotatable bonds is 7. The van der Waals surface area contributed by atoms with E-state index in [1.54, 1.807) is 0 Å². The first-order chi connectivity index (χ1) is 14.1. The molecule has 1 aromatic carbocycles. The maximum absolute atomic E-state index is 12.6. The van der Waals surface area contributed by atoms with Gasteiger partial charge >= 0.3 is 0 Å². The average Bonchev–Trinajstić information content (AvgIpc) is 3.48. The lowest BCUT2D eigenvalue weighted by Gasteiger charge is -2.19. The van der Waals surface area contributed by atoms with Crippen LogP contribution in [0.15, 0.2) is 29.4 Å². The van der Waals surface area contributed by atoms with Gasteiger partial charge in [-0.15, -0.1) is 10.2 Å². The molecular formula is C21H27ClN4O2S. The van der Waals surface area contributed by atoms with E-state index in [1.807, 2.05) is 31.2 Å². The molecule has 6 nitrogen and oxygen atoms in total. The van der Waals surface area contributed by atoms with Crippen LogP contribution in [0.2, 0.25) is 5.02 Å². The maximum Gasteiger partial charge on any atom is 0.233 e. The van der Waals surface area contributed by atoms with Crippen LogP contribution in [0.1, 0.15) is 51.5 Å². The van der Waals surface area contributed by atoms with Gasteiger partial charge in [0.1, 0.15) is 0 Å². The van der Waals surface area contributed by atoms with Gasteiger partial charge in [-0.3, -0.25) is 9.36 Å². The molecule has 4 rings (SSSR count). The molecule has 1 saturated carbocycles. The van der Waals surface area contributed by atoms with Gasteiger partial charge in [0.25, 0.3) is 0 Å². The zero-order valence-corrected chi connectivity index (χ0v) is 18.2. The molecule has 0 bridgehead atoms. The van der Waals surface area contributed by atoms with Crippen molar-refractivity contribution >= 4 is 29.3 Å². The lowest BCUT2D eigenvalue weighted by molar-refractivity contribution is -0.120. The van der Waals surface area contributed by atoms with Crippen LogP contribution >= 0.6 is 23.4 Å². The van der Waals surface area contributed by atoms with E-state index in [1.165, 1.54) is 24.6 Å². The van der Waals surface area contributed by atoms with E-state index in [4.69, 9.17) is 16.3 Å². The van der Waals surface area contributed by atoms with Gasteiger partial charge in [-0.25, -0.2) is 0 Å². The van der Waals surface area contributed by atoms with Crippen LogP contribution in [-0.4, -0.2) is 45.2 Å². The van der Waals surface area contributed by atoms with Crippen molar-refractivity contribution in [3.05, 3.63) is 29.3 Å². The van der Waals surface area contributed by atoms with Crippen molar-refractivity contribution in [3.63, 3.8) is 0 Å². The van der Waals surface area contributed by atoms with Crippen molar-refractivity contribution in [2.75, 3.05) is 13.2 Å². The lowest BCUT2D eigenvalue weighted by atomic mass is 10.2. The third kappa shape index (κ3) is 4.78. The van der Waals surface area contributed by atoms with Crippen molar-refractivity contribution in [2.24, 2.45) is 0 Å². The summed E-state index contributed by atoms with van der Waals surface area (Å²) in [6.45, 7) is 3.28. The minimum atomic E-state index is -0.264. The molecule has 0 radical (unpaired) electrons. The summed E-state index contributed by atoms with van der Waals surface area (Å²) in [5.74, 6) is 0.794. The maximum atomic E-state index is 12.6. The summed E-state index contributed by atoms with van der Waals surface area (Å²) in [5, 5.41) is 13.1. The number of hydrogen-bond acceptors (Lipinski definition) is 5. The fourth-order valence-electron chi connectivity index (χ4n) is 4.05. The molecule has 2 aliphatic rings. The number of carbonyl (C=O) groups is 1. The topological polar surface area (TPSA) is 69.0 Å². The molecule has 8 heteroatoms. The highest BCUT2D eigenvalue weighted by molar-refractivity contribution is 8.00. The first kappa shape index (κ1) is 20.7. The summed E-state index contributed by atoms with van der Waals surface area (Å²) in [6.07, 6.45) is 6.83. The predicted molar refractivity (Wildman–Crippen MR) is 115 cm³/mol. The lowest BCUT2D eigenvalue weighted by Crippen LogP contribution is -2.36. The highest BCUT2D eigenvalue weighted by Crippen LogP contribution is 2.38. The summed E-state index contributed by atoms with van der Waals surface area (Å²) in [5.41, 5.74) is 0.885. The largest absolute Gasteiger partial charge is 0.376 e. The highest BCUT2D eigenvalue weighted by atomic mass is 35.5. The Hall–Kier alpha value is -1.57. The molecule has 1 amide bonds. The second kappa shape index (κ2) is 9.49. The molecule has 1 aromatic heterocycles. The Morgan fingerprint density at radius 3 is 2.79 bits per heavy atom. The first-order valence-electron chi connectivity index (χ1n) is 10.4. The minimum absolute atomic E-state index is 0.00534. The summed E-state index contributed by atoms with van der Waals surface area (Å²) >= 11 is 7.90. The van der Waals surface area contributed by atoms with Crippen LogP contribution in [0, 0.1) is 0 Å². The monoisotopic (exact) mass is 434 g/mol. The van der Waals surface area contributed by atoms with Crippen molar-refractivity contribution < 1.29 is 9.53 Å². The predicted octanol–water partition coefficient (Wildman–Crippen LogP) is 4.49. The van der Waals surface area contributed by atoms with Crippen molar-refractivity contribution in [1.29, 1.82) is 0 Å². The molecule has 1 aliphatic carbocycles. The standard InChI is InChI=1S/C21H27ClN4O2S/c1-14(20(27)23-13-16-9-6-12-28-16)29-21-25-24-19(17-10-4-5-11-18(17)22)26(21)15-7-2-3-8-15/h4-5,10-11,14-16H,2-3,6-9,12-13H2,1H3,(H,23,27)/t14-,16+/m0/s1. The average molecular weight is 435 g/mol. The first-order valence-corrected chi connectivity index (χ1v) is 11.6. The molecule has 156 valence electrons. The Balaban J connectivity index is 1.52. The normalized spacial score (nSPS) is 20.8. The van der Waals surface area contributed by atoms with Crippen molar-refractivity contribution in [1.82, 2.24) is 20.1 Å². The fraction of sp³-hybridized carbons (Fsp3) is 0.571. The second-order valence-corrected chi connectivity index (χ2v) is 9.45. The molecule has 1 saturated heterocycles. The Morgan fingerprint density at radius 1 is 1.28 bits per heavy atom. The molecular weight excluding hydrogens is 408 g/mol. The van der Waals surface area contributed by atoms with E-state index in [0.717, 1.165) is 48.8 Å². The third-order valence-electron chi connectivity index (χ3n) is 5.65. The van der Waals surface area contributed by atoms with Crippen molar-refractivity contribution in [3.8, 4) is 11.4 Å². The highest BCUT2D eigenvalue weighted by Gasteiger charge is 2.28. The van der Waals surface area contributed by atoms with Crippen molar-refractivity contribution in [2.45, 2.75) is 68.0 Å². The smallest absolute Gasteiger partial charge is 0.233 e. The number of hydrogen-bond donors (Lipinski definition) is 1. The van der Waals surface area contributed by atoms with Gasteiger partial charge in [0, 0.05) is 24.8 Å². The number of carbonyl (C=O) groups excluding carboxylic acids is 1. The van der Waals surface area contributed by atoms with E-state index >= 15 is 0 Å². The number of nitrogens with zero attached hydrogens (tertiary/aromatic N) is 3. The molecule has 1 aliphatic heterocycles. The molecule has 2 heterocycles. The SMILES string of the molecule is C[C@H](Sc1nnc(-c2ccccc2Cl)n1C1CCCC1)C(=O)NC[C@H]1CCCO1. The van der Waals surface area contributed by atoms with E-state index in [9.17, 15) is 4.79 Å². The zero-order valence-electron chi connectivity index (χ0n) is 16.6. The van der Waals surface area contributed by atoms with Crippen LogP contribution in [0.5, 0.6) is 0 Å². The molecule has 1 N–H and O–H groups in total. The number of benzene rings is 1. The Labute approximate surface area is 180 Å². The number of thioether (sulfide) groups is 1. The summed E-state index contributed by atoms with van der Waals surface area (Å²) < 4.78 is 7.79. The van der Waals surface area contributed by atoms with Crippen LogP contribution in [0.25, 0.3) is 11.4 Å². The van der Waals surface area contributed by atoms with Crippen LogP contribution < -0.4 is 5.32 Å². The van der Waals surface area contributed by atoms with E-state index < -0.39 is 0 Å². The van der Waals surface area contributed by atoms with Gasteiger partial charge in [-0.05, 0) is 44.7 Å². The van der Waals surface area contributed by atoms with Crippen LogP contribution in [0.4, 0.5) is 0 Å². The number of halogens is 1. The Kier molecular flexibility index (Phi) is 6.77. The summed E-state index contributed by atoms with van der Waals surface area (Å²) in [4.78, 5) is 12.6. The van der Waals surface area contributed by atoms with E-state index in [0.29, 0.717) is 17.6 Å². The molecule has 2 atom stereocenters. The van der Waals surface area contributed by atoms with E-state index in [-0.39, 0.29) is 17.3 Å². The van der Waals surface area contributed by atoms with Gasteiger partial charge in [-0.2, -0.15) is 0 Å². The minimum Gasteiger partial charge on any atom is -0.376 e. The van der Waals surface area contributed by atoms with Crippen LogP contribution in [-0.2, 0) is 9.53 Å². The summed E-state index contributed by atoms with van der Waals surface area (Å²) in [7, 11) is 0. The zero-order chi connectivity index (χ0) is 20.2. The van der Waals surface area contributed by atoms with Gasteiger partial charge in [-0.1, -0.05) is 48.3 Å². The van der Waals surface area contributed by atoms with Gasteiger partial charge in [0.05, 0.1) is 16.4 Å².